The van der Waals surface area contributed by atoms with Crippen molar-refractivity contribution < 1.29 is 32.6 Å². The van der Waals surface area contributed by atoms with E-state index in [1.165, 1.54) is 19.1 Å². The first-order valence-electron chi connectivity index (χ1n) is 14.1. The number of carbonyl (C=O) groups is 2. The number of hydrogen-bond acceptors (Lipinski definition) is 8. The number of rotatable bonds is 7. The van der Waals surface area contributed by atoms with Crippen LogP contribution in [0, 0.1) is 0 Å². The number of nitrogens with one attached hydrogen (secondary N) is 1. The minimum atomic E-state index is -4.63. The number of nitrogens with zero attached hydrogens (tertiary/aromatic N) is 6. The van der Waals surface area contributed by atoms with Crippen LogP contribution in [0.25, 0.3) is 16.8 Å². The van der Waals surface area contributed by atoms with E-state index in [1.54, 1.807) is 30.3 Å². The summed E-state index contributed by atoms with van der Waals surface area (Å²) in [7, 11) is 1.14. The molecule has 3 aromatic heterocycles. The number of imidazole rings is 1. The lowest BCUT2D eigenvalue weighted by Crippen LogP contribution is -2.48. The maximum Gasteiger partial charge on any atom is 0.433 e. The summed E-state index contributed by atoms with van der Waals surface area (Å²) in [5, 5.41) is 16.1. The van der Waals surface area contributed by atoms with Gasteiger partial charge in [0.05, 0.1) is 6.61 Å². The van der Waals surface area contributed by atoms with Gasteiger partial charge in [-0.1, -0.05) is 0 Å². The molecule has 4 aromatic rings. The topological polar surface area (TPSA) is 153 Å². The summed E-state index contributed by atoms with van der Waals surface area (Å²) in [6, 6.07) is 5.32. The number of nitrogen functional groups attached to an aromatic ring is 1. The van der Waals surface area contributed by atoms with Gasteiger partial charge in [0.2, 0.25) is 0 Å². The summed E-state index contributed by atoms with van der Waals surface area (Å²) in [5.41, 5.74) is 6.95. The first-order chi connectivity index (χ1) is 20.8. The predicted molar refractivity (Wildman–Crippen MR) is 155 cm³/mol. The van der Waals surface area contributed by atoms with Crippen molar-refractivity contribution in [3.63, 3.8) is 0 Å². The molecule has 1 aliphatic rings. The number of carbonyl (C=O) groups excluding carboxylic acids is 2. The average Bonchev–Trinajstić information content (AvgIpc) is 3.54. The molecule has 0 saturated carbocycles. The van der Waals surface area contributed by atoms with E-state index in [9.17, 15) is 27.9 Å². The maximum atomic E-state index is 13.2. The number of halogens is 3. The second-order valence-corrected chi connectivity index (χ2v) is 10.8. The molecule has 2 amide bonds. The number of anilines is 2. The lowest BCUT2D eigenvalue weighted by molar-refractivity contribution is -0.144. The fraction of sp³-hybridized carbons (Fsp3) is 0.414. The van der Waals surface area contributed by atoms with E-state index in [2.05, 4.69) is 15.4 Å². The van der Waals surface area contributed by atoms with Gasteiger partial charge in [-0.2, -0.15) is 18.3 Å². The van der Waals surface area contributed by atoms with Crippen LogP contribution in [-0.2, 0) is 18.0 Å². The molecule has 4 N–H and O–H groups in total. The van der Waals surface area contributed by atoms with Gasteiger partial charge in [0.15, 0.2) is 5.82 Å². The molecule has 3 atom stereocenters. The van der Waals surface area contributed by atoms with E-state index in [-0.39, 0.29) is 41.7 Å². The summed E-state index contributed by atoms with van der Waals surface area (Å²) in [6.07, 6.45) is -1.01. The summed E-state index contributed by atoms with van der Waals surface area (Å²) in [6.45, 7) is 5.77. The van der Waals surface area contributed by atoms with E-state index in [1.807, 2.05) is 11.3 Å². The number of benzene rings is 1. The molecule has 0 aliphatic carbocycles. The van der Waals surface area contributed by atoms with Crippen LogP contribution in [0.1, 0.15) is 61.4 Å². The fourth-order valence-corrected chi connectivity index (χ4v) is 5.54. The molecule has 1 fully saturated rings. The number of aromatic nitrogens is 5. The maximum absolute atomic E-state index is 13.2. The van der Waals surface area contributed by atoms with Crippen LogP contribution in [0.5, 0.6) is 5.75 Å². The molecule has 234 valence electrons. The molecule has 1 unspecified atom stereocenters. The van der Waals surface area contributed by atoms with Gasteiger partial charge >= 0.3 is 6.18 Å². The Balaban J connectivity index is 1.52. The largest absolute Gasteiger partial charge is 0.493 e. The van der Waals surface area contributed by atoms with E-state index in [4.69, 9.17) is 15.5 Å². The van der Waals surface area contributed by atoms with E-state index in [0.717, 1.165) is 19.5 Å². The number of ether oxygens (including phenoxy) is 1. The molecule has 1 aromatic carbocycles. The van der Waals surface area contributed by atoms with Gasteiger partial charge < -0.3 is 25.8 Å². The number of piperidine rings is 1. The quantitative estimate of drug-likeness (QED) is 0.284. The Labute approximate surface area is 250 Å². The number of aryl methyl sites for hydroxylation is 1. The highest BCUT2D eigenvalue weighted by Crippen LogP contribution is 2.39. The highest BCUT2D eigenvalue weighted by Gasteiger charge is 2.36. The van der Waals surface area contributed by atoms with Gasteiger partial charge in [0.25, 0.3) is 11.8 Å². The van der Waals surface area contributed by atoms with Gasteiger partial charge in [0, 0.05) is 55.1 Å². The van der Waals surface area contributed by atoms with Crippen molar-refractivity contribution in [2.75, 3.05) is 24.2 Å². The van der Waals surface area contributed by atoms with Gasteiger partial charge in [-0.25, -0.2) is 9.97 Å². The summed E-state index contributed by atoms with van der Waals surface area (Å²) >= 11 is 0. The lowest BCUT2D eigenvalue weighted by atomic mass is 9.92. The number of aliphatic hydroxyl groups excluding tert-OH is 1. The molecule has 12 nitrogen and oxygen atoms in total. The van der Waals surface area contributed by atoms with Crippen molar-refractivity contribution >= 4 is 29.0 Å². The Hall–Kier alpha value is -4.66. The Morgan fingerprint density at radius 1 is 1.25 bits per heavy atom. The van der Waals surface area contributed by atoms with E-state index in [0.29, 0.717) is 46.0 Å². The second kappa shape index (κ2) is 11.8. The minimum absolute atomic E-state index is 0.0415. The number of fused-ring (bicyclic) bond motifs is 1. The fourth-order valence-electron chi connectivity index (χ4n) is 5.54. The lowest BCUT2D eigenvalue weighted by Gasteiger charge is -2.38. The van der Waals surface area contributed by atoms with Crippen LogP contribution in [0.4, 0.5) is 24.8 Å². The second-order valence-electron chi connectivity index (χ2n) is 10.8. The summed E-state index contributed by atoms with van der Waals surface area (Å²) in [5.74, 6) is -0.285. The van der Waals surface area contributed by atoms with Crippen LogP contribution < -0.4 is 15.8 Å². The molecule has 5 rings (SSSR count). The first-order valence-corrected chi connectivity index (χ1v) is 14.1. The zero-order chi connectivity index (χ0) is 31.9. The third kappa shape index (κ3) is 5.78. The Morgan fingerprint density at radius 3 is 2.66 bits per heavy atom. The molecule has 15 heteroatoms. The van der Waals surface area contributed by atoms with Crippen LogP contribution in [0.15, 0.2) is 36.7 Å². The summed E-state index contributed by atoms with van der Waals surface area (Å²) < 4.78 is 47.9. The van der Waals surface area contributed by atoms with E-state index < -0.39 is 23.9 Å². The number of aliphatic hydroxyl groups is 1. The number of amides is 2. The third-order valence-electron chi connectivity index (χ3n) is 7.71. The van der Waals surface area contributed by atoms with Gasteiger partial charge in [0.1, 0.15) is 40.4 Å². The highest BCUT2D eigenvalue weighted by molar-refractivity contribution is 6.04. The number of alkyl halides is 3. The Kier molecular flexibility index (Phi) is 8.25. The van der Waals surface area contributed by atoms with Crippen molar-refractivity contribution in [3.8, 4) is 17.0 Å². The van der Waals surface area contributed by atoms with Crippen LogP contribution >= 0.6 is 0 Å². The number of nitrogens with two attached hydrogens (primary N) is 1. The van der Waals surface area contributed by atoms with E-state index >= 15 is 0 Å². The minimum Gasteiger partial charge on any atom is -0.493 e. The number of likely N-dealkylation sites (tertiary alicyclic amines) is 1. The molecular weight excluding hydrogens is 581 g/mol. The molecule has 0 spiro atoms. The predicted octanol–water partition coefficient (Wildman–Crippen LogP) is 3.86. The molecule has 4 heterocycles. The van der Waals surface area contributed by atoms with Gasteiger partial charge in [-0.3, -0.25) is 18.7 Å². The third-order valence-corrected chi connectivity index (χ3v) is 7.71. The molecule has 1 aliphatic heterocycles. The van der Waals surface area contributed by atoms with Crippen molar-refractivity contribution in [1.82, 2.24) is 29.0 Å². The molecule has 1 saturated heterocycles. The SMILES string of the molecule is CCOc1cc(C(=O)Nc2cc(C(F)(F)F)n(C)n2)ccc1-c1nc([C@@H]2CC[C@H](C)N(C(=O)C(C)O)C2)n2ccnc(N)c12. The van der Waals surface area contributed by atoms with Crippen molar-refractivity contribution in [1.29, 1.82) is 0 Å². The van der Waals surface area contributed by atoms with Crippen LogP contribution in [0.3, 0.4) is 0 Å². The Bertz CT molecular complexity index is 1710. The normalized spacial score (nSPS) is 18.0. The zero-order valence-corrected chi connectivity index (χ0v) is 24.6. The highest BCUT2D eigenvalue weighted by atomic mass is 19.4. The average molecular weight is 615 g/mol. The van der Waals surface area contributed by atoms with Crippen molar-refractivity contribution in [2.45, 2.75) is 57.9 Å². The molecule has 0 bridgehead atoms. The first kappa shape index (κ1) is 30.8. The smallest absolute Gasteiger partial charge is 0.433 e. The van der Waals surface area contributed by atoms with Gasteiger partial charge in [-0.15, -0.1) is 0 Å². The Morgan fingerprint density at radius 2 is 2.00 bits per heavy atom. The van der Waals surface area contributed by atoms with Gasteiger partial charge in [-0.05, 0) is 51.8 Å². The molecule has 44 heavy (non-hydrogen) atoms. The van der Waals surface area contributed by atoms with Crippen LogP contribution in [0.2, 0.25) is 0 Å². The summed E-state index contributed by atoms with van der Waals surface area (Å²) in [4.78, 5) is 36.6. The molecular formula is C29H33F3N8O4. The van der Waals surface area contributed by atoms with Crippen molar-refractivity contribution in [2.24, 2.45) is 7.05 Å². The molecule has 0 radical (unpaired) electrons. The standard InChI is InChI=1S/C29H33F3N8O4/c1-5-44-20-12-17(27(42)35-22-13-21(29(30,31)32)38(4)37-22)8-9-19(20)23-24-25(33)34-10-11-39(24)26(36-23)18-7-6-15(2)40(14-18)28(43)16(3)41/h8-13,15-16,18,41H,5-7,14H2,1-4H3,(H2,33,34)(H,35,37,42)/t15-,16?,18+/m0/s1. The number of hydrogen-bond donors (Lipinski definition) is 3. The van der Waals surface area contributed by atoms with Crippen molar-refractivity contribution in [3.05, 3.63) is 53.7 Å². The monoisotopic (exact) mass is 614 g/mol. The zero-order valence-electron chi connectivity index (χ0n) is 24.6. The van der Waals surface area contributed by atoms with Crippen LogP contribution in [-0.4, -0.2) is 71.3 Å².